The summed E-state index contributed by atoms with van der Waals surface area (Å²) < 4.78 is 0. The van der Waals surface area contributed by atoms with Crippen molar-refractivity contribution in [3.63, 3.8) is 0 Å². The molecule has 5 heteroatoms. The number of nitrogens with one attached hydrogen (secondary N) is 1. The van der Waals surface area contributed by atoms with Crippen LogP contribution in [0.1, 0.15) is 30.5 Å². The van der Waals surface area contributed by atoms with Gasteiger partial charge in [0.1, 0.15) is 0 Å². The van der Waals surface area contributed by atoms with Crippen molar-refractivity contribution in [1.82, 2.24) is 14.8 Å². The third-order valence-electron chi connectivity index (χ3n) is 6.85. The fourth-order valence-electron chi connectivity index (χ4n) is 5.39. The molecule has 2 amide bonds. The predicted molar refractivity (Wildman–Crippen MR) is 117 cm³/mol. The third-order valence-corrected chi connectivity index (χ3v) is 6.85. The number of para-hydroxylation sites is 1. The summed E-state index contributed by atoms with van der Waals surface area (Å²) in [6.45, 7) is 3.89. The number of rotatable bonds is 4. The van der Waals surface area contributed by atoms with E-state index in [1.54, 1.807) is 6.92 Å². The van der Waals surface area contributed by atoms with Gasteiger partial charge in [0.2, 0.25) is 11.8 Å². The minimum Gasteiger partial charge on any atom is -0.361 e. The van der Waals surface area contributed by atoms with Crippen LogP contribution in [0.3, 0.4) is 0 Å². The van der Waals surface area contributed by atoms with Crippen molar-refractivity contribution < 1.29 is 9.59 Å². The first kappa shape index (κ1) is 18.9. The maximum Gasteiger partial charge on any atom is 0.222 e. The van der Waals surface area contributed by atoms with Crippen LogP contribution in [-0.4, -0.2) is 46.2 Å². The molecule has 0 saturated carbocycles. The zero-order chi connectivity index (χ0) is 20.7. The molecule has 2 aromatic carbocycles. The van der Waals surface area contributed by atoms with Crippen molar-refractivity contribution in [3.05, 3.63) is 71.9 Å². The molecule has 2 saturated heterocycles. The second kappa shape index (κ2) is 7.63. The standard InChI is InChI=1S/C25H27N3O2/c1-17(29)28-15-20-14-27(16-22(20)25(28)18-7-3-2-4-8-18)24(30)12-11-19-13-26-23-10-6-5-9-21(19)23/h2-10,13,20,22,25-26H,11-12,14-16H2,1H3/t20-,22-,25+/m1/s1. The lowest BCUT2D eigenvalue weighted by Crippen LogP contribution is -2.36. The van der Waals surface area contributed by atoms with Crippen molar-refractivity contribution in [2.45, 2.75) is 25.8 Å². The van der Waals surface area contributed by atoms with E-state index >= 15 is 0 Å². The summed E-state index contributed by atoms with van der Waals surface area (Å²) >= 11 is 0. The van der Waals surface area contributed by atoms with Crippen LogP contribution in [0.4, 0.5) is 0 Å². The van der Waals surface area contributed by atoms with Gasteiger partial charge in [0.15, 0.2) is 0 Å². The van der Waals surface area contributed by atoms with Crippen LogP contribution in [0.5, 0.6) is 0 Å². The molecule has 30 heavy (non-hydrogen) atoms. The summed E-state index contributed by atoms with van der Waals surface area (Å²) in [5, 5.41) is 1.20. The highest BCUT2D eigenvalue weighted by molar-refractivity contribution is 5.84. The second-order valence-corrected chi connectivity index (χ2v) is 8.61. The average molecular weight is 402 g/mol. The van der Waals surface area contributed by atoms with Crippen molar-refractivity contribution in [2.24, 2.45) is 11.8 Å². The van der Waals surface area contributed by atoms with Crippen LogP contribution in [0.2, 0.25) is 0 Å². The SMILES string of the molecule is CC(=O)N1C[C@H]2CN(C(=O)CCc3c[nH]c4ccccc34)C[C@H]2[C@@H]1c1ccccc1. The highest BCUT2D eigenvalue weighted by Crippen LogP contribution is 2.45. The first-order valence-electron chi connectivity index (χ1n) is 10.8. The molecular weight excluding hydrogens is 374 g/mol. The van der Waals surface area contributed by atoms with E-state index in [2.05, 4.69) is 29.2 Å². The summed E-state index contributed by atoms with van der Waals surface area (Å²) in [5.41, 5.74) is 3.49. The van der Waals surface area contributed by atoms with E-state index in [4.69, 9.17) is 0 Å². The Balaban J connectivity index is 1.28. The van der Waals surface area contributed by atoms with E-state index in [0.29, 0.717) is 18.3 Å². The van der Waals surface area contributed by atoms with Crippen molar-refractivity contribution in [2.75, 3.05) is 19.6 Å². The second-order valence-electron chi connectivity index (χ2n) is 8.61. The number of amides is 2. The van der Waals surface area contributed by atoms with Crippen LogP contribution in [0.15, 0.2) is 60.8 Å². The van der Waals surface area contributed by atoms with Crippen LogP contribution >= 0.6 is 0 Å². The molecule has 0 unspecified atom stereocenters. The quantitative estimate of drug-likeness (QED) is 0.723. The van der Waals surface area contributed by atoms with Gasteiger partial charge in [-0.25, -0.2) is 0 Å². The smallest absolute Gasteiger partial charge is 0.222 e. The third kappa shape index (κ3) is 3.28. The van der Waals surface area contributed by atoms with E-state index in [1.165, 1.54) is 16.5 Å². The average Bonchev–Trinajstić information content (AvgIpc) is 3.45. The molecule has 2 aliphatic rings. The monoisotopic (exact) mass is 401 g/mol. The van der Waals surface area contributed by atoms with Gasteiger partial charge >= 0.3 is 0 Å². The number of hydrogen-bond donors (Lipinski definition) is 1. The van der Waals surface area contributed by atoms with Crippen molar-refractivity contribution >= 4 is 22.7 Å². The number of H-pyrrole nitrogens is 1. The Hall–Kier alpha value is -3.08. The number of nitrogens with zero attached hydrogens (tertiary/aromatic N) is 2. The summed E-state index contributed by atoms with van der Waals surface area (Å²) in [5.74, 6) is 1.01. The van der Waals surface area contributed by atoms with E-state index in [0.717, 1.165) is 31.6 Å². The molecule has 2 fully saturated rings. The number of hydrogen-bond acceptors (Lipinski definition) is 2. The summed E-state index contributed by atoms with van der Waals surface area (Å²) in [7, 11) is 0. The Labute approximate surface area is 176 Å². The molecule has 2 aliphatic heterocycles. The number of likely N-dealkylation sites (tertiary alicyclic amines) is 2. The van der Waals surface area contributed by atoms with E-state index in [1.807, 2.05) is 46.3 Å². The number of carbonyl (C=O) groups is 2. The highest BCUT2D eigenvalue weighted by atomic mass is 16.2. The summed E-state index contributed by atoms with van der Waals surface area (Å²) in [6.07, 6.45) is 3.29. The van der Waals surface area contributed by atoms with Gasteiger partial charge in [-0.05, 0) is 23.6 Å². The van der Waals surface area contributed by atoms with E-state index in [-0.39, 0.29) is 17.9 Å². The Morgan fingerprint density at radius 3 is 2.57 bits per heavy atom. The molecule has 3 atom stereocenters. The first-order valence-corrected chi connectivity index (χ1v) is 10.8. The van der Waals surface area contributed by atoms with Crippen LogP contribution in [0.25, 0.3) is 10.9 Å². The fraction of sp³-hybridized carbons (Fsp3) is 0.360. The molecule has 1 aromatic heterocycles. The lowest BCUT2D eigenvalue weighted by molar-refractivity contribution is -0.131. The zero-order valence-electron chi connectivity index (χ0n) is 17.3. The predicted octanol–water partition coefficient (Wildman–Crippen LogP) is 3.78. The van der Waals surface area contributed by atoms with Gasteiger partial charge in [0.05, 0.1) is 6.04 Å². The zero-order valence-corrected chi connectivity index (χ0v) is 17.3. The van der Waals surface area contributed by atoms with Gasteiger partial charge in [-0.15, -0.1) is 0 Å². The van der Waals surface area contributed by atoms with Crippen molar-refractivity contribution in [3.8, 4) is 0 Å². The lowest BCUT2D eigenvalue weighted by Gasteiger charge is -2.29. The van der Waals surface area contributed by atoms with Crippen LogP contribution < -0.4 is 0 Å². The summed E-state index contributed by atoms with van der Waals surface area (Å²) in [6, 6.07) is 18.6. The Morgan fingerprint density at radius 2 is 1.77 bits per heavy atom. The minimum atomic E-state index is 0.0696. The van der Waals surface area contributed by atoms with Crippen LogP contribution in [-0.2, 0) is 16.0 Å². The maximum absolute atomic E-state index is 13.0. The molecule has 0 spiro atoms. The highest BCUT2D eigenvalue weighted by Gasteiger charge is 2.49. The van der Waals surface area contributed by atoms with Gasteiger partial charge in [0.25, 0.3) is 0 Å². The fourth-order valence-corrected chi connectivity index (χ4v) is 5.39. The lowest BCUT2D eigenvalue weighted by atomic mass is 9.89. The first-order chi connectivity index (χ1) is 14.6. The van der Waals surface area contributed by atoms with E-state index < -0.39 is 0 Å². The number of aromatic amines is 1. The topological polar surface area (TPSA) is 56.4 Å². The number of aromatic nitrogens is 1. The van der Waals surface area contributed by atoms with Gasteiger partial charge in [-0.1, -0.05) is 48.5 Å². The van der Waals surface area contributed by atoms with Gasteiger partial charge in [0, 0.05) is 61.9 Å². The largest absolute Gasteiger partial charge is 0.361 e. The molecule has 3 heterocycles. The van der Waals surface area contributed by atoms with E-state index in [9.17, 15) is 9.59 Å². The molecule has 0 radical (unpaired) electrons. The molecule has 3 aromatic rings. The molecule has 5 rings (SSSR count). The molecule has 0 bridgehead atoms. The summed E-state index contributed by atoms with van der Waals surface area (Å²) in [4.78, 5) is 32.6. The number of aryl methyl sites for hydroxylation is 1. The Bertz CT molecular complexity index is 1070. The van der Waals surface area contributed by atoms with Crippen LogP contribution in [0, 0.1) is 11.8 Å². The number of fused-ring (bicyclic) bond motifs is 2. The Kier molecular flexibility index (Phi) is 4.81. The van der Waals surface area contributed by atoms with Gasteiger partial charge in [-0.3, -0.25) is 9.59 Å². The Morgan fingerprint density at radius 1 is 1.00 bits per heavy atom. The molecule has 5 nitrogen and oxygen atoms in total. The normalized spacial score (nSPS) is 23.2. The molecule has 1 N–H and O–H groups in total. The van der Waals surface area contributed by atoms with Crippen molar-refractivity contribution in [1.29, 1.82) is 0 Å². The molecule has 0 aliphatic carbocycles. The number of carbonyl (C=O) groups excluding carboxylic acids is 2. The minimum absolute atomic E-state index is 0.0696. The van der Waals surface area contributed by atoms with Gasteiger partial charge < -0.3 is 14.8 Å². The number of benzene rings is 2. The van der Waals surface area contributed by atoms with Gasteiger partial charge in [-0.2, -0.15) is 0 Å². The molecule has 154 valence electrons. The maximum atomic E-state index is 13.0. The molecular formula is C25H27N3O2.